The number of hydrogen-bond acceptors (Lipinski definition) is 4. The van der Waals surface area contributed by atoms with Crippen molar-refractivity contribution in [2.45, 2.75) is 13.8 Å². The SMILES string of the molecule is COc1cccc(N/C=C(/C#N)C(=O)NCC(C)C)c1. The van der Waals surface area contributed by atoms with Crippen LogP contribution >= 0.6 is 0 Å². The van der Waals surface area contributed by atoms with Crippen molar-refractivity contribution >= 4 is 11.6 Å². The predicted molar refractivity (Wildman–Crippen MR) is 78.2 cm³/mol. The highest BCUT2D eigenvalue weighted by atomic mass is 16.5. The van der Waals surface area contributed by atoms with E-state index in [9.17, 15) is 4.79 Å². The van der Waals surface area contributed by atoms with Crippen molar-refractivity contribution in [1.29, 1.82) is 5.26 Å². The van der Waals surface area contributed by atoms with E-state index >= 15 is 0 Å². The molecule has 0 saturated carbocycles. The molecular formula is C15H19N3O2. The van der Waals surface area contributed by atoms with E-state index in [1.807, 2.05) is 38.1 Å². The molecule has 0 saturated heterocycles. The fourth-order valence-corrected chi connectivity index (χ4v) is 1.41. The number of amides is 1. The molecule has 20 heavy (non-hydrogen) atoms. The Morgan fingerprint density at radius 3 is 2.85 bits per heavy atom. The summed E-state index contributed by atoms with van der Waals surface area (Å²) in [5.74, 6) is 0.660. The molecule has 1 rings (SSSR count). The van der Waals surface area contributed by atoms with Crippen LogP contribution in [0.15, 0.2) is 36.0 Å². The number of carbonyl (C=O) groups excluding carboxylic acids is 1. The first-order chi connectivity index (χ1) is 9.56. The summed E-state index contributed by atoms with van der Waals surface area (Å²) in [6, 6.07) is 9.11. The predicted octanol–water partition coefficient (Wildman–Crippen LogP) is 2.29. The Hall–Kier alpha value is -2.48. The average molecular weight is 273 g/mol. The Morgan fingerprint density at radius 2 is 2.25 bits per heavy atom. The van der Waals surface area contributed by atoms with Gasteiger partial charge in [0.25, 0.3) is 5.91 Å². The van der Waals surface area contributed by atoms with E-state index < -0.39 is 0 Å². The molecular weight excluding hydrogens is 254 g/mol. The zero-order valence-electron chi connectivity index (χ0n) is 11.9. The lowest BCUT2D eigenvalue weighted by Gasteiger charge is -2.07. The minimum absolute atomic E-state index is 0.0356. The Bertz CT molecular complexity index is 530. The lowest BCUT2D eigenvalue weighted by atomic mass is 10.2. The van der Waals surface area contributed by atoms with Crippen molar-refractivity contribution in [3.8, 4) is 11.8 Å². The third-order valence-electron chi connectivity index (χ3n) is 2.49. The Morgan fingerprint density at radius 1 is 1.50 bits per heavy atom. The Labute approximate surface area is 119 Å². The quantitative estimate of drug-likeness (QED) is 0.616. The molecule has 0 aromatic heterocycles. The van der Waals surface area contributed by atoms with Crippen molar-refractivity contribution in [2.24, 2.45) is 5.92 Å². The van der Waals surface area contributed by atoms with Gasteiger partial charge in [-0.2, -0.15) is 5.26 Å². The van der Waals surface area contributed by atoms with Crippen molar-refractivity contribution in [2.75, 3.05) is 19.0 Å². The standard InChI is InChI=1S/C15H19N3O2/c1-11(2)9-18-15(19)12(8-16)10-17-13-5-4-6-14(7-13)20-3/h4-7,10-11,17H,9H2,1-3H3,(H,18,19)/b12-10-. The molecule has 106 valence electrons. The monoisotopic (exact) mass is 273 g/mol. The second kappa shape index (κ2) is 7.85. The van der Waals surface area contributed by atoms with Gasteiger partial charge in [0.1, 0.15) is 17.4 Å². The van der Waals surface area contributed by atoms with E-state index in [1.165, 1.54) is 6.20 Å². The van der Waals surface area contributed by atoms with Crippen LogP contribution in [0.2, 0.25) is 0 Å². The molecule has 2 N–H and O–H groups in total. The number of carbonyl (C=O) groups is 1. The molecule has 0 spiro atoms. The summed E-state index contributed by atoms with van der Waals surface area (Å²) in [6.07, 6.45) is 1.39. The van der Waals surface area contributed by atoms with Gasteiger partial charge in [-0.3, -0.25) is 4.79 Å². The summed E-state index contributed by atoms with van der Waals surface area (Å²) < 4.78 is 5.10. The van der Waals surface area contributed by atoms with E-state index in [0.29, 0.717) is 18.2 Å². The molecule has 0 heterocycles. The van der Waals surface area contributed by atoms with Gasteiger partial charge in [0.05, 0.1) is 7.11 Å². The van der Waals surface area contributed by atoms with Crippen molar-refractivity contribution in [1.82, 2.24) is 5.32 Å². The van der Waals surface area contributed by atoms with Crippen molar-refractivity contribution < 1.29 is 9.53 Å². The van der Waals surface area contributed by atoms with Gasteiger partial charge >= 0.3 is 0 Å². The zero-order valence-corrected chi connectivity index (χ0v) is 11.9. The summed E-state index contributed by atoms with van der Waals surface area (Å²) in [5, 5.41) is 14.6. The molecule has 5 heteroatoms. The molecule has 5 nitrogen and oxygen atoms in total. The molecule has 0 atom stereocenters. The van der Waals surface area contributed by atoms with Crippen LogP contribution in [0.1, 0.15) is 13.8 Å². The Balaban J connectivity index is 2.70. The van der Waals surface area contributed by atoms with Crippen LogP contribution in [-0.4, -0.2) is 19.6 Å². The third kappa shape index (κ3) is 5.02. The van der Waals surface area contributed by atoms with Crippen LogP contribution in [0.4, 0.5) is 5.69 Å². The molecule has 0 radical (unpaired) electrons. The maximum absolute atomic E-state index is 11.8. The summed E-state index contributed by atoms with van der Waals surface area (Å²) in [6.45, 7) is 4.52. The maximum atomic E-state index is 11.8. The number of anilines is 1. The fourth-order valence-electron chi connectivity index (χ4n) is 1.41. The zero-order chi connectivity index (χ0) is 15.0. The second-order valence-corrected chi connectivity index (χ2v) is 4.65. The number of nitrogens with one attached hydrogen (secondary N) is 2. The highest BCUT2D eigenvalue weighted by molar-refractivity contribution is 5.97. The van der Waals surface area contributed by atoms with Crippen LogP contribution in [0.25, 0.3) is 0 Å². The maximum Gasteiger partial charge on any atom is 0.263 e. The smallest absolute Gasteiger partial charge is 0.263 e. The summed E-state index contributed by atoms with van der Waals surface area (Å²) >= 11 is 0. The highest BCUT2D eigenvalue weighted by Gasteiger charge is 2.08. The van der Waals surface area contributed by atoms with Gasteiger partial charge in [-0.1, -0.05) is 19.9 Å². The third-order valence-corrected chi connectivity index (χ3v) is 2.49. The fraction of sp³-hybridized carbons (Fsp3) is 0.333. The summed E-state index contributed by atoms with van der Waals surface area (Å²) in [5.41, 5.74) is 0.780. The van der Waals surface area contributed by atoms with Crippen molar-refractivity contribution in [3.63, 3.8) is 0 Å². The van der Waals surface area contributed by atoms with Crippen LogP contribution in [0.5, 0.6) is 5.75 Å². The second-order valence-electron chi connectivity index (χ2n) is 4.65. The first-order valence-electron chi connectivity index (χ1n) is 6.36. The number of methoxy groups -OCH3 is 1. The van der Waals surface area contributed by atoms with E-state index in [4.69, 9.17) is 10.00 Å². The normalized spacial score (nSPS) is 10.8. The molecule has 0 bridgehead atoms. The van der Waals surface area contributed by atoms with Crippen LogP contribution < -0.4 is 15.4 Å². The highest BCUT2D eigenvalue weighted by Crippen LogP contribution is 2.16. The molecule has 0 unspecified atom stereocenters. The van der Waals surface area contributed by atoms with Gasteiger partial charge in [-0.05, 0) is 18.1 Å². The van der Waals surface area contributed by atoms with Gasteiger partial charge in [0, 0.05) is 24.5 Å². The van der Waals surface area contributed by atoms with Gasteiger partial charge in [0.15, 0.2) is 0 Å². The van der Waals surface area contributed by atoms with Crippen LogP contribution in [0, 0.1) is 17.2 Å². The molecule has 1 amide bonds. The van der Waals surface area contributed by atoms with Gasteiger partial charge in [0.2, 0.25) is 0 Å². The Kier molecular flexibility index (Phi) is 6.11. The number of rotatable bonds is 6. The molecule has 0 aliphatic rings. The van der Waals surface area contributed by atoms with Crippen LogP contribution in [0.3, 0.4) is 0 Å². The molecule has 1 aromatic carbocycles. The largest absolute Gasteiger partial charge is 0.497 e. The van der Waals surface area contributed by atoms with E-state index in [0.717, 1.165) is 5.69 Å². The van der Waals surface area contributed by atoms with E-state index in [1.54, 1.807) is 13.2 Å². The molecule has 1 aromatic rings. The lowest BCUT2D eigenvalue weighted by molar-refractivity contribution is -0.117. The van der Waals surface area contributed by atoms with E-state index in [2.05, 4.69) is 10.6 Å². The van der Waals surface area contributed by atoms with Gasteiger partial charge < -0.3 is 15.4 Å². The van der Waals surface area contributed by atoms with Crippen LogP contribution in [-0.2, 0) is 4.79 Å². The summed E-state index contributed by atoms with van der Waals surface area (Å²) in [4.78, 5) is 11.8. The van der Waals surface area contributed by atoms with E-state index in [-0.39, 0.29) is 11.5 Å². The number of hydrogen-bond donors (Lipinski definition) is 2. The molecule has 0 aliphatic carbocycles. The lowest BCUT2D eigenvalue weighted by Crippen LogP contribution is -2.28. The number of nitriles is 1. The first kappa shape index (κ1) is 15.6. The summed E-state index contributed by atoms with van der Waals surface area (Å²) in [7, 11) is 1.58. The number of nitrogens with zero attached hydrogens (tertiary/aromatic N) is 1. The minimum Gasteiger partial charge on any atom is -0.497 e. The average Bonchev–Trinajstić information content (AvgIpc) is 2.46. The topological polar surface area (TPSA) is 74.1 Å². The van der Waals surface area contributed by atoms with Gasteiger partial charge in [-0.25, -0.2) is 0 Å². The number of ether oxygens (including phenoxy) is 1. The number of benzene rings is 1. The molecule has 0 fully saturated rings. The van der Waals surface area contributed by atoms with Gasteiger partial charge in [-0.15, -0.1) is 0 Å². The first-order valence-corrected chi connectivity index (χ1v) is 6.36. The molecule has 0 aliphatic heterocycles. The van der Waals surface area contributed by atoms with Crippen molar-refractivity contribution in [3.05, 3.63) is 36.0 Å². The minimum atomic E-state index is -0.378.